The molecule has 0 unspecified atom stereocenters. The molecule has 0 heterocycles. The van der Waals surface area contributed by atoms with E-state index in [1.165, 1.54) is 0 Å². The molecule has 8 heteroatoms. The van der Waals surface area contributed by atoms with Crippen molar-refractivity contribution in [3.8, 4) is 0 Å². The SMILES string of the molecule is C[C@@]1(C(=O)OCC(=O)NNC(=O)c2ccccc2)CC1(Cl)Cl. The summed E-state index contributed by atoms with van der Waals surface area (Å²) in [5, 5.41) is 0. The number of hydrogen-bond acceptors (Lipinski definition) is 4. The largest absolute Gasteiger partial charge is 0.455 e. The van der Waals surface area contributed by atoms with E-state index in [0.29, 0.717) is 5.56 Å². The molecule has 0 aliphatic heterocycles. The number of nitrogens with one attached hydrogen (secondary N) is 2. The Morgan fingerprint density at radius 1 is 1.18 bits per heavy atom. The van der Waals surface area contributed by atoms with Gasteiger partial charge in [-0.1, -0.05) is 18.2 Å². The van der Waals surface area contributed by atoms with Crippen LogP contribution in [0.25, 0.3) is 0 Å². The fourth-order valence-electron chi connectivity index (χ4n) is 1.74. The van der Waals surface area contributed by atoms with Crippen molar-refractivity contribution >= 4 is 41.0 Å². The molecule has 1 fully saturated rings. The number of esters is 1. The monoisotopic (exact) mass is 344 g/mol. The first-order chi connectivity index (χ1) is 10.3. The van der Waals surface area contributed by atoms with Gasteiger partial charge < -0.3 is 4.74 Å². The highest BCUT2D eigenvalue weighted by Crippen LogP contribution is 2.64. The maximum atomic E-state index is 11.7. The third-order valence-corrected chi connectivity index (χ3v) is 4.50. The maximum Gasteiger partial charge on any atom is 0.315 e. The van der Waals surface area contributed by atoms with Crippen LogP contribution in [0.5, 0.6) is 0 Å². The van der Waals surface area contributed by atoms with Gasteiger partial charge in [-0.05, 0) is 19.1 Å². The van der Waals surface area contributed by atoms with Gasteiger partial charge in [0.05, 0.1) is 0 Å². The zero-order valence-electron chi connectivity index (χ0n) is 11.7. The van der Waals surface area contributed by atoms with E-state index in [9.17, 15) is 14.4 Å². The topological polar surface area (TPSA) is 84.5 Å². The van der Waals surface area contributed by atoms with Crippen LogP contribution >= 0.6 is 23.2 Å². The minimum Gasteiger partial charge on any atom is -0.455 e. The van der Waals surface area contributed by atoms with Crippen LogP contribution in [0, 0.1) is 5.41 Å². The average molecular weight is 345 g/mol. The predicted molar refractivity (Wildman–Crippen MR) is 80.2 cm³/mol. The van der Waals surface area contributed by atoms with E-state index < -0.39 is 34.1 Å². The third-order valence-electron chi connectivity index (χ3n) is 3.39. The van der Waals surface area contributed by atoms with E-state index in [1.807, 2.05) is 0 Å². The Balaban J connectivity index is 1.73. The zero-order chi connectivity index (χ0) is 16.4. The van der Waals surface area contributed by atoms with Crippen molar-refractivity contribution in [1.29, 1.82) is 0 Å². The van der Waals surface area contributed by atoms with Gasteiger partial charge in [0.25, 0.3) is 11.8 Å². The van der Waals surface area contributed by atoms with Crippen molar-refractivity contribution in [3.63, 3.8) is 0 Å². The summed E-state index contributed by atoms with van der Waals surface area (Å²) in [6.07, 6.45) is 0.272. The minimum absolute atomic E-state index is 0.272. The van der Waals surface area contributed by atoms with Crippen LogP contribution < -0.4 is 10.9 Å². The lowest BCUT2D eigenvalue weighted by atomic mass is 10.1. The number of benzene rings is 1. The molecule has 0 saturated heterocycles. The highest BCUT2D eigenvalue weighted by atomic mass is 35.5. The lowest BCUT2D eigenvalue weighted by Gasteiger charge is -2.12. The number of hydrogen-bond donors (Lipinski definition) is 2. The first-order valence-corrected chi connectivity index (χ1v) is 7.21. The lowest BCUT2D eigenvalue weighted by molar-refractivity contribution is -0.153. The molecular weight excluding hydrogens is 331 g/mol. The van der Waals surface area contributed by atoms with Crippen molar-refractivity contribution in [2.45, 2.75) is 17.7 Å². The van der Waals surface area contributed by atoms with Gasteiger partial charge in [0.2, 0.25) is 0 Å². The molecule has 118 valence electrons. The summed E-state index contributed by atoms with van der Waals surface area (Å²) in [5.41, 5.74) is 3.75. The van der Waals surface area contributed by atoms with Crippen LogP contribution in [0.1, 0.15) is 23.7 Å². The molecule has 0 spiro atoms. The van der Waals surface area contributed by atoms with Crippen LogP contribution in [0.3, 0.4) is 0 Å². The molecule has 1 atom stereocenters. The van der Waals surface area contributed by atoms with Crippen molar-refractivity contribution in [1.82, 2.24) is 10.9 Å². The molecule has 1 aromatic rings. The van der Waals surface area contributed by atoms with Crippen LogP contribution in [0.4, 0.5) is 0 Å². The van der Waals surface area contributed by atoms with E-state index in [4.69, 9.17) is 27.9 Å². The smallest absolute Gasteiger partial charge is 0.315 e. The van der Waals surface area contributed by atoms with E-state index in [1.54, 1.807) is 37.3 Å². The summed E-state index contributed by atoms with van der Waals surface area (Å²) in [7, 11) is 0. The van der Waals surface area contributed by atoms with E-state index in [2.05, 4.69) is 10.9 Å². The molecule has 0 radical (unpaired) electrons. The fourth-order valence-corrected chi connectivity index (χ4v) is 2.42. The Morgan fingerprint density at radius 3 is 2.32 bits per heavy atom. The summed E-state index contributed by atoms with van der Waals surface area (Å²) in [6, 6.07) is 8.34. The molecule has 2 amide bonds. The Kier molecular flexibility index (Phi) is 4.63. The molecule has 1 aliphatic rings. The number of alkyl halides is 2. The Hall–Kier alpha value is -1.79. The summed E-state index contributed by atoms with van der Waals surface area (Å²) in [6.45, 7) is 1.03. The highest BCUT2D eigenvalue weighted by Gasteiger charge is 2.69. The van der Waals surface area contributed by atoms with Crippen molar-refractivity contribution in [2.24, 2.45) is 5.41 Å². The molecule has 0 bridgehead atoms. The van der Waals surface area contributed by atoms with Crippen LogP contribution in [-0.2, 0) is 14.3 Å². The molecule has 1 aliphatic carbocycles. The van der Waals surface area contributed by atoms with Crippen LogP contribution in [0.15, 0.2) is 30.3 Å². The second kappa shape index (κ2) is 6.14. The minimum atomic E-state index is -1.15. The van der Waals surface area contributed by atoms with Crippen LogP contribution in [-0.4, -0.2) is 28.7 Å². The van der Waals surface area contributed by atoms with Gasteiger partial charge in [-0.3, -0.25) is 25.2 Å². The van der Waals surface area contributed by atoms with Crippen molar-refractivity contribution in [2.75, 3.05) is 6.61 Å². The lowest BCUT2D eigenvalue weighted by Crippen LogP contribution is -2.44. The normalized spacial score (nSPS) is 21.6. The summed E-state index contributed by atoms with van der Waals surface area (Å²) in [4.78, 5) is 34.9. The number of amides is 2. The first kappa shape index (κ1) is 16.6. The van der Waals surface area contributed by atoms with Gasteiger partial charge in [0.1, 0.15) is 9.75 Å². The van der Waals surface area contributed by atoms with Gasteiger partial charge in [-0.25, -0.2) is 0 Å². The van der Waals surface area contributed by atoms with Crippen molar-refractivity contribution < 1.29 is 19.1 Å². The first-order valence-electron chi connectivity index (χ1n) is 6.45. The van der Waals surface area contributed by atoms with Gasteiger partial charge in [-0.2, -0.15) is 0 Å². The van der Waals surface area contributed by atoms with Gasteiger partial charge >= 0.3 is 5.97 Å². The molecule has 0 aromatic heterocycles. The third kappa shape index (κ3) is 3.51. The standard InChI is InChI=1S/C14H14Cl2N2O4/c1-13(8-14(13,15)16)12(21)22-7-10(19)17-18-11(20)9-5-3-2-4-6-9/h2-6H,7-8H2,1H3,(H,17,19)(H,18,20)/t13-/m0/s1. The summed E-state index contributed by atoms with van der Waals surface area (Å²) < 4.78 is 3.68. The number of hydrazine groups is 1. The summed E-state index contributed by atoms with van der Waals surface area (Å²) >= 11 is 11.7. The van der Waals surface area contributed by atoms with Crippen LogP contribution in [0.2, 0.25) is 0 Å². The zero-order valence-corrected chi connectivity index (χ0v) is 13.2. The highest BCUT2D eigenvalue weighted by molar-refractivity contribution is 6.53. The Bertz CT molecular complexity index is 606. The van der Waals surface area contributed by atoms with Gasteiger partial charge in [0, 0.05) is 12.0 Å². The summed E-state index contributed by atoms with van der Waals surface area (Å²) in [5.74, 6) is -1.80. The molecular formula is C14H14Cl2N2O4. The molecule has 1 aromatic carbocycles. The average Bonchev–Trinajstić information content (AvgIpc) is 3.03. The Labute approximate surface area is 137 Å². The second-order valence-electron chi connectivity index (χ2n) is 5.16. The van der Waals surface area contributed by atoms with Gasteiger partial charge in [0.15, 0.2) is 6.61 Å². The molecule has 2 N–H and O–H groups in total. The molecule has 2 rings (SSSR count). The molecule has 22 heavy (non-hydrogen) atoms. The second-order valence-corrected chi connectivity index (χ2v) is 6.64. The quantitative estimate of drug-likeness (QED) is 0.493. The van der Waals surface area contributed by atoms with E-state index in [-0.39, 0.29) is 6.42 Å². The number of rotatable bonds is 4. The number of halogens is 2. The molecule has 1 saturated carbocycles. The number of ether oxygens (including phenoxy) is 1. The maximum absolute atomic E-state index is 11.7. The number of carbonyl (C=O) groups is 3. The van der Waals surface area contributed by atoms with E-state index >= 15 is 0 Å². The van der Waals surface area contributed by atoms with E-state index in [0.717, 1.165) is 0 Å². The van der Waals surface area contributed by atoms with Gasteiger partial charge in [-0.15, -0.1) is 23.2 Å². The number of carbonyl (C=O) groups excluding carboxylic acids is 3. The van der Waals surface area contributed by atoms with Crippen molar-refractivity contribution in [3.05, 3.63) is 35.9 Å². The fraction of sp³-hybridized carbons (Fsp3) is 0.357. The Morgan fingerprint density at radius 2 is 1.77 bits per heavy atom. The predicted octanol–water partition coefficient (Wildman–Crippen LogP) is 1.57. The molecule has 6 nitrogen and oxygen atoms in total.